The molecule has 2 aromatic heterocycles. The number of sulfonamides is 1. The number of hydrogen-bond donors (Lipinski definition) is 2. The van der Waals surface area contributed by atoms with E-state index in [1.807, 2.05) is 0 Å². The van der Waals surface area contributed by atoms with Crippen LogP contribution in [-0.2, 0) is 19.9 Å². The molecule has 0 saturated carbocycles. The molecule has 0 unspecified atom stereocenters. The van der Waals surface area contributed by atoms with Crippen LogP contribution in [0.1, 0.15) is 0 Å². The maximum absolute atomic E-state index is 12.8. The van der Waals surface area contributed by atoms with Crippen molar-refractivity contribution in [3.05, 3.63) is 60.9 Å². The van der Waals surface area contributed by atoms with Crippen molar-refractivity contribution in [1.82, 2.24) is 10.2 Å². The summed E-state index contributed by atoms with van der Waals surface area (Å²) in [6, 6.07) is 13.8. The molecule has 0 bridgehead atoms. The van der Waals surface area contributed by atoms with E-state index in [1.165, 1.54) is 30.5 Å². The number of rotatable bonds is 5. The molecular formula is C18H15N3O5S2. The standard InChI is InChI=1S/C18H15N3O5S2/c1-27(22,23)16-6-2-3-7-17(16)28(24,25)21-12-8-9-14-13(11-12)18(20-19-14)15-5-4-10-26-15/h2-11,21H,1H3,(H,19,20). The van der Waals surface area contributed by atoms with Crippen LogP contribution in [0.2, 0.25) is 0 Å². The van der Waals surface area contributed by atoms with Gasteiger partial charge in [0.15, 0.2) is 15.6 Å². The van der Waals surface area contributed by atoms with Gasteiger partial charge in [0.1, 0.15) is 10.6 Å². The lowest BCUT2D eigenvalue weighted by Gasteiger charge is -2.11. The summed E-state index contributed by atoms with van der Waals surface area (Å²) in [5.74, 6) is 0.536. The number of H-pyrrole nitrogens is 1. The first-order valence-corrected chi connectivity index (χ1v) is 11.5. The zero-order valence-electron chi connectivity index (χ0n) is 14.6. The van der Waals surface area contributed by atoms with E-state index in [0.717, 1.165) is 6.26 Å². The number of fused-ring (bicyclic) bond motifs is 1. The molecule has 10 heteroatoms. The maximum Gasteiger partial charge on any atom is 0.263 e. The minimum atomic E-state index is -4.13. The summed E-state index contributed by atoms with van der Waals surface area (Å²) in [7, 11) is -7.85. The van der Waals surface area contributed by atoms with Crippen LogP contribution in [0, 0.1) is 0 Å². The molecule has 0 fully saturated rings. The molecule has 0 aliphatic heterocycles. The predicted octanol–water partition coefficient (Wildman–Crippen LogP) is 3.03. The number of aromatic amines is 1. The summed E-state index contributed by atoms with van der Waals surface area (Å²) in [5, 5.41) is 7.72. The third-order valence-electron chi connectivity index (χ3n) is 4.11. The number of hydrogen-bond acceptors (Lipinski definition) is 6. The largest absolute Gasteiger partial charge is 0.463 e. The fourth-order valence-corrected chi connectivity index (χ4v) is 5.55. The topological polar surface area (TPSA) is 122 Å². The van der Waals surface area contributed by atoms with Crippen LogP contribution >= 0.6 is 0 Å². The first-order valence-electron chi connectivity index (χ1n) is 8.10. The molecular weight excluding hydrogens is 402 g/mol. The highest BCUT2D eigenvalue weighted by molar-refractivity contribution is 7.95. The van der Waals surface area contributed by atoms with E-state index < -0.39 is 19.9 Å². The molecule has 2 N–H and O–H groups in total. The van der Waals surface area contributed by atoms with Gasteiger partial charge in [-0.15, -0.1) is 0 Å². The smallest absolute Gasteiger partial charge is 0.263 e. The van der Waals surface area contributed by atoms with Crippen molar-refractivity contribution in [2.45, 2.75) is 9.79 Å². The summed E-state index contributed by atoms with van der Waals surface area (Å²) >= 11 is 0. The summed E-state index contributed by atoms with van der Waals surface area (Å²) in [6.45, 7) is 0. The van der Waals surface area contributed by atoms with Crippen LogP contribution in [-0.4, -0.2) is 33.3 Å². The van der Waals surface area contributed by atoms with Crippen molar-refractivity contribution >= 4 is 36.5 Å². The SMILES string of the molecule is CS(=O)(=O)c1ccccc1S(=O)(=O)Nc1ccc2[nH]nc(-c3ccco3)c2c1. The Kier molecular flexibility index (Phi) is 4.24. The molecule has 0 radical (unpaired) electrons. The van der Waals surface area contributed by atoms with Crippen molar-refractivity contribution in [3.8, 4) is 11.5 Å². The Morgan fingerprint density at radius 1 is 0.964 bits per heavy atom. The van der Waals surface area contributed by atoms with Crippen LogP contribution in [0.5, 0.6) is 0 Å². The average Bonchev–Trinajstić information content (AvgIpc) is 3.29. The van der Waals surface area contributed by atoms with Gasteiger partial charge >= 0.3 is 0 Å². The van der Waals surface area contributed by atoms with Crippen LogP contribution < -0.4 is 4.72 Å². The Balaban J connectivity index is 1.77. The van der Waals surface area contributed by atoms with Crippen molar-refractivity contribution in [2.24, 2.45) is 0 Å². The number of anilines is 1. The first-order chi connectivity index (χ1) is 13.3. The lowest BCUT2D eigenvalue weighted by Crippen LogP contribution is -2.16. The van der Waals surface area contributed by atoms with Gasteiger partial charge in [0.25, 0.3) is 10.0 Å². The molecule has 4 rings (SSSR count). The molecule has 144 valence electrons. The molecule has 0 spiro atoms. The van der Waals surface area contributed by atoms with Crippen molar-refractivity contribution < 1.29 is 21.3 Å². The fourth-order valence-electron chi connectivity index (χ4n) is 2.87. The quantitative estimate of drug-likeness (QED) is 0.515. The zero-order valence-corrected chi connectivity index (χ0v) is 16.2. The second kappa shape index (κ2) is 6.50. The Bertz CT molecular complexity index is 1370. The number of aromatic nitrogens is 2. The third kappa shape index (κ3) is 3.27. The van der Waals surface area contributed by atoms with E-state index in [-0.39, 0.29) is 15.5 Å². The van der Waals surface area contributed by atoms with Gasteiger partial charge < -0.3 is 4.42 Å². The van der Waals surface area contributed by atoms with Gasteiger partial charge in [0.05, 0.1) is 16.7 Å². The predicted molar refractivity (Wildman–Crippen MR) is 104 cm³/mol. The van der Waals surface area contributed by atoms with Crippen LogP contribution in [0.25, 0.3) is 22.4 Å². The zero-order chi connectivity index (χ0) is 19.9. The van der Waals surface area contributed by atoms with Gasteiger partial charge in [-0.1, -0.05) is 12.1 Å². The fraction of sp³-hybridized carbons (Fsp3) is 0.0556. The van der Waals surface area contributed by atoms with Crippen molar-refractivity contribution in [1.29, 1.82) is 0 Å². The minimum Gasteiger partial charge on any atom is -0.463 e. The highest BCUT2D eigenvalue weighted by atomic mass is 32.2. The maximum atomic E-state index is 12.8. The van der Waals surface area contributed by atoms with Crippen LogP contribution in [0.15, 0.2) is 75.1 Å². The summed E-state index contributed by atoms with van der Waals surface area (Å²) in [5.41, 5.74) is 1.51. The van der Waals surface area contributed by atoms with Gasteiger partial charge in [-0.3, -0.25) is 9.82 Å². The highest BCUT2D eigenvalue weighted by Gasteiger charge is 2.24. The van der Waals surface area contributed by atoms with E-state index in [2.05, 4.69) is 14.9 Å². The Labute approximate surface area is 161 Å². The van der Waals surface area contributed by atoms with Gasteiger partial charge in [0.2, 0.25) is 0 Å². The monoisotopic (exact) mass is 417 g/mol. The normalized spacial score (nSPS) is 12.3. The average molecular weight is 417 g/mol. The molecule has 2 aromatic carbocycles. The Morgan fingerprint density at radius 3 is 2.39 bits per heavy atom. The lowest BCUT2D eigenvalue weighted by atomic mass is 10.1. The van der Waals surface area contributed by atoms with Crippen molar-refractivity contribution in [3.63, 3.8) is 0 Å². The summed E-state index contributed by atoms with van der Waals surface area (Å²) in [4.78, 5) is -0.570. The number of sulfone groups is 1. The second-order valence-corrected chi connectivity index (χ2v) is 9.77. The van der Waals surface area contributed by atoms with Gasteiger partial charge in [-0.2, -0.15) is 5.10 Å². The second-order valence-electron chi connectivity index (χ2n) is 6.13. The molecule has 2 heterocycles. The van der Waals surface area contributed by atoms with Gasteiger partial charge in [-0.25, -0.2) is 16.8 Å². The Morgan fingerprint density at radius 2 is 1.71 bits per heavy atom. The van der Waals surface area contributed by atoms with Crippen molar-refractivity contribution in [2.75, 3.05) is 11.0 Å². The third-order valence-corrected chi connectivity index (χ3v) is 6.83. The number of nitrogens with one attached hydrogen (secondary N) is 2. The van der Waals surface area contributed by atoms with E-state index in [9.17, 15) is 16.8 Å². The van der Waals surface area contributed by atoms with E-state index in [0.29, 0.717) is 22.4 Å². The highest BCUT2D eigenvalue weighted by Crippen LogP contribution is 2.30. The molecule has 0 saturated heterocycles. The van der Waals surface area contributed by atoms with Crippen LogP contribution in [0.4, 0.5) is 5.69 Å². The van der Waals surface area contributed by atoms with Gasteiger partial charge in [-0.05, 0) is 42.5 Å². The van der Waals surface area contributed by atoms with E-state index in [4.69, 9.17) is 4.42 Å². The molecule has 0 amide bonds. The lowest BCUT2D eigenvalue weighted by molar-refractivity contribution is 0.580. The number of nitrogens with zero attached hydrogens (tertiary/aromatic N) is 1. The van der Waals surface area contributed by atoms with Gasteiger partial charge in [0, 0.05) is 17.3 Å². The molecule has 8 nitrogen and oxygen atoms in total. The molecule has 0 aliphatic rings. The van der Waals surface area contributed by atoms with Crippen LogP contribution in [0.3, 0.4) is 0 Å². The minimum absolute atomic E-state index is 0.261. The first kappa shape index (κ1) is 18.3. The molecule has 28 heavy (non-hydrogen) atoms. The summed E-state index contributed by atoms with van der Waals surface area (Å²) < 4.78 is 57.4. The number of furan rings is 1. The molecule has 0 atom stereocenters. The molecule has 0 aliphatic carbocycles. The van der Waals surface area contributed by atoms with E-state index in [1.54, 1.807) is 30.3 Å². The summed E-state index contributed by atoms with van der Waals surface area (Å²) in [6.07, 6.45) is 2.49. The number of benzene rings is 2. The Hall–Kier alpha value is -3.11. The van der Waals surface area contributed by atoms with E-state index >= 15 is 0 Å². The molecule has 4 aromatic rings.